The van der Waals surface area contributed by atoms with Gasteiger partial charge < -0.3 is 30.8 Å². The van der Waals surface area contributed by atoms with E-state index in [2.05, 4.69) is 20.9 Å². The van der Waals surface area contributed by atoms with Crippen molar-refractivity contribution in [3.8, 4) is 5.75 Å². The Kier molecular flexibility index (Phi) is 10.5. The van der Waals surface area contributed by atoms with Crippen LogP contribution < -0.4 is 20.7 Å². The van der Waals surface area contributed by atoms with Gasteiger partial charge in [0.15, 0.2) is 0 Å². The molecule has 10 heteroatoms. The van der Waals surface area contributed by atoms with Gasteiger partial charge in [-0.1, -0.05) is 64.4 Å². The van der Waals surface area contributed by atoms with E-state index in [4.69, 9.17) is 4.74 Å². The van der Waals surface area contributed by atoms with E-state index in [1.807, 2.05) is 77.2 Å². The van der Waals surface area contributed by atoms with E-state index in [0.717, 1.165) is 22.9 Å². The van der Waals surface area contributed by atoms with E-state index >= 15 is 0 Å². The van der Waals surface area contributed by atoms with Crippen LogP contribution in [0.4, 0.5) is 0 Å². The molecular formula is C33H45N5O5. The summed E-state index contributed by atoms with van der Waals surface area (Å²) in [6.45, 7) is 7.84. The summed E-state index contributed by atoms with van der Waals surface area (Å²) in [5.74, 6) is -0.895. The summed E-state index contributed by atoms with van der Waals surface area (Å²) in [7, 11) is 3.69. The maximum absolute atomic E-state index is 14.2. The van der Waals surface area contributed by atoms with Crippen molar-refractivity contribution in [3.05, 3.63) is 65.9 Å². The van der Waals surface area contributed by atoms with Crippen molar-refractivity contribution in [2.24, 2.45) is 11.8 Å². The summed E-state index contributed by atoms with van der Waals surface area (Å²) in [5.41, 5.74) is 2.39. The first-order chi connectivity index (χ1) is 20.5. The molecule has 5 rings (SSSR count). The number of aromatic amines is 1. The lowest BCUT2D eigenvalue weighted by Gasteiger charge is -2.35. The smallest absolute Gasteiger partial charge is 0.247 e. The Morgan fingerprint density at radius 3 is 2.42 bits per heavy atom. The van der Waals surface area contributed by atoms with E-state index in [1.54, 1.807) is 24.3 Å². The molecule has 2 aliphatic heterocycles. The number of likely N-dealkylation sites (N-methyl/N-ethyl adjacent to an activating group) is 1. The van der Waals surface area contributed by atoms with Gasteiger partial charge in [-0.2, -0.15) is 0 Å². The fourth-order valence-electron chi connectivity index (χ4n) is 5.70. The van der Waals surface area contributed by atoms with Crippen LogP contribution in [-0.4, -0.2) is 77.6 Å². The van der Waals surface area contributed by atoms with E-state index in [0.29, 0.717) is 11.3 Å². The third-order valence-corrected chi connectivity index (χ3v) is 8.31. The second-order valence-electron chi connectivity index (χ2n) is 12.1. The summed E-state index contributed by atoms with van der Waals surface area (Å²) >= 11 is 0. The number of aliphatic hydroxyl groups excluding tert-OH is 1. The monoisotopic (exact) mass is 591 g/mol. The van der Waals surface area contributed by atoms with Gasteiger partial charge in [-0.15, -0.1) is 0 Å². The lowest BCUT2D eigenvalue weighted by Crippen LogP contribution is -2.62. The first-order valence-electron chi connectivity index (χ1n) is 15.0. The molecule has 3 amide bonds. The number of para-hydroxylation sites is 1. The highest BCUT2D eigenvalue weighted by Gasteiger charge is 2.39. The number of hydrogen-bond donors (Lipinski definition) is 5. The number of nitrogens with one attached hydrogen (secondary N) is 4. The van der Waals surface area contributed by atoms with Gasteiger partial charge in [-0.3, -0.25) is 19.3 Å². The number of benzene rings is 2. The highest BCUT2D eigenvalue weighted by Crippen LogP contribution is 2.24. The standard InChI is InChI=1S/C33H45N5O5/c1-7-20(4)29(38(5)6)33(42)37-28-30(19(2)3)43-23-14-12-21(13-15-23)27(39)18-35-31(40)26(36-32(28)41)16-22-17-34-25-11-9-8-10-24(22)25/h8-15,17,19-20,26-30,34,39H,7,16,18H2,1-6H3,(H,35,40)(H,36,41)(H,37,42)/t20-,26-,27+,28+,29-,30-/m0/s1. The number of rotatable bonds is 8. The van der Waals surface area contributed by atoms with Crippen LogP contribution in [-0.2, 0) is 20.8 Å². The average Bonchev–Trinajstić information content (AvgIpc) is 3.39. The van der Waals surface area contributed by atoms with Crippen LogP contribution in [0.2, 0.25) is 0 Å². The lowest BCUT2D eigenvalue weighted by atomic mass is 9.94. The molecule has 2 aliphatic rings. The third-order valence-electron chi connectivity index (χ3n) is 8.31. The Bertz CT molecular complexity index is 1400. The van der Waals surface area contributed by atoms with Gasteiger partial charge in [0.05, 0.1) is 12.1 Å². The Balaban J connectivity index is 1.74. The average molecular weight is 592 g/mol. The predicted octanol–water partition coefficient (Wildman–Crippen LogP) is 2.92. The van der Waals surface area contributed by atoms with Crippen LogP contribution in [0.3, 0.4) is 0 Å². The summed E-state index contributed by atoms with van der Waals surface area (Å²) in [6, 6.07) is 12.1. The first kappa shape index (κ1) is 32.0. The largest absolute Gasteiger partial charge is 0.487 e. The topological polar surface area (TPSA) is 136 Å². The molecule has 1 aromatic heterocycles. The van der Waals surface area contributed by atoms with Gasteiger partial charge in [0.25, 0.3) is 0 Å². The molecule has 232 valence electrons. The number of fused-ring (bicyclic) bond motifs is 12. The number of hydrogen-bond acceptors (Lipinski definition) is 6. The first-order valence-corrected chi connectivity index (χ1v) is 15.0. The third kappa shape index (κ3) is 7.55. The Morgan fingerprint density at radius 2 is 1.77 bits per heavy atom. The van der Waals surface area contributed by atoms with Crippen LogP contribution in [0, 0.1) is 11.8 Å². The maximum atomic E-state index is 14.2. The molecule has 0 radical (unpaired) electrons. The molecule has 6 atom stereocenters. The molecule has 3 aromatic rings. The molecule has 0 aliphatic carbocycles. The van der Waals surface area contributed by atoms with Crippen LogP contribution in [0.5, 0.6) is 5.75 Å². The summed E-state index contributed by atoms with van der Waals surface area (Å²) in [4.78, 5) is 46.6. The minimum Gasteiger partial charge on any atom is -0.487 e. The SMILES string of the molecule is CC[C@H](C)[C@@H](C(=O)N[C@H]1C(=O)N[C@@H](Cc2c[nH]c3ccccc23)C(=O)NC[C@@H](O)c2ccc(cc2)O[C@H]1C(C)C)N(C)C. The minimum absolute atomic E-state index is 0.0342. The van der Waals surface area contributed by atoms with Crippen molar-refractivity contribution in [3.63, 3.8) is 0 Å². The van der Waals surface area contributed by atoms with E-state index in [-0.39, 0.29) is 30.7 Å². The molecule has 5 N–H and O–H groups in total. The second kappa shape index (κ2) is 14.1. The number of ether oxygens (including phenoxy) is 1. The van der Waals surface area contributed by atoms with Crippen molar-refractivity contribution in [2.45, 2.75) is 70.9 Å². The Labute approximate surface area is 253 Å². The zero-order valence-electron chi connectivity index (χ0n) is 25.9. The van der Waals surface area contributed by atoms with Crippen molar-refractivity contribution in [1.82, 2.24) is 25.8 Å². The van der Waals surface area contributed by atoms with Gasteiger partial charge in [0.2, 0.25) is 17.7 Å². The number of aliphatic hydroxyl groups is 1. The Morgan fingerprint density at radius 1 is 1.07 bits per heavy atom. The zero-order chi connectivity index (χ0) is 31.3. The summed E-state index contributed by atoms with van der Waals surface area (Å²) < 4.78 is 6.37. The van der Waals surface area contributed by atoms with Crippen molar-refractivity contribution < 1.29 is 24.2 Å². The number of nitrogens with zero attached hydrogens (tertiary/aromatic N) is 1. The van der Waals surface area contributed by atoms with Crippen LogP contribution in [0.1, 0.15) is 51.3 Å². The molecule has 2 aromatic carbocycles. The highest BCUT2D eigenvalue weighted by atomic mass is 16.5. The van der Waals surface area contributed by atoms with Crippen LogP contribution >= 0.6 is 0 Å². The molecule has 2 bridgehead atoms. The lowest BCUT2D eigenvalue weighted by molar-refractivity contribution is -0.137. The molecular weight excluding hydrogens is 546 g/mol. The van der Waals surface area contributed by atoms with Crippen molar-refractivity contribution in [1.29, 1.82) is 0 Å². The molecule has 43 heavy (non-hydrogen) atoms. The van der Waals surface area contributed by atoms with Gasteiger partial charge in [0.1, 0.15) is 23.9 Å². The molecule has 0 fully saturated rings. The van der Waals surface area contributed by atoms with E-state index < -0.39 is 42.1 Å². The predicted molar refractivity (Wildman–Crippen MR) is 166 cm³/mol. The highest BCUT2D eigenvalue weighted by molar-refractivity contribution is 5.94. The number of carbonyl (C=O) groups excluding carboxylic acids is 3. The molecule has 0 saturated heterocycles. The van der Waals surface area contributed by atoms with Crippen LogP contribution in [0.25, 0.3) is 10.9 Å². The molecule has 3 heterocycles. The van der Waals surface area contributed by atoms with E-state index in [9.17, 15) is 19.5 Å². The summed E-state index contributed by atoms with van der Waals surface area (Å²) in [6.07, 6.45) is 1.12. The zero-order valence-corrected chi connectivity index (χ0v) is 25.9. The van der Waals surface area contributed by atoms with Gasteiger partial charge >= 0.3 is 0 Å². The summed E-state index contributed by atoms with van der Waals surface area (Å²) in [5, 5.41) is 20.4. The minimum atomic E-state index is -1.09. The van der Waals surface area contributed by atoms with Gasteiger partial charge in [0, 0.05) is 30.1 Å². The fraction of sp³-hybridized carbons (Fsp3) is 0.485. The molecule has 10 nitrogen and oxygen atoms in total. The van der Waals surface area contributed by atoms with Crippen molar-refractivity contribution >= 4 is 28.6 Å². The normalized spacial score (nSPS) is 22.9. The second-order valence-corrected chi connectivity index (χ2v) is 12.1. The molecule has 0 saturated carbocycles. The number of aromatic nitrogens is 1. The van der Waals surface area contributed by atoms with E-state index in [1.165, 1.54) is 0 Å². The Hall–Kier alpha value is -3.89. The van der Waals surface area contributed by atoms with Gasteiger partial charge in [-0.05, 0) is 55.3 Å². The molecule has 0 unspecified atom stereocenters. The maximum Gasteiger partial charge on any atom is 0.247 e. The van der Waals surface area contributed by atoms with Crippen molar-refractivity contribution in [2.75, 3.05) is 20.6 Å². The number of amides is 3. The quantitative estimate of drug-likeness (QED) is 0.273. The number of carbonyl (C=O) groups is 3. The number of H-pyrrole nitrogens is 1. The van der Waals surface area contributed by atoms with Gasteiger partial charge in [-0.25, -0.2) is 0 Å². The fourth-order valence-corrected chi connectivity index (χ4v) is 5.70. The van der Waals surface area contributed by atoms with Crippen LogP contribution in [0.15, 0.2) is 54.7 Å². The molecule has 0 spiro atoms.